The normalized spacial score (nSPS) is 12.6. The molecule has 0 spiro atoms. The molecule has 398 valence electrons. The lowest BCUT2D eigenvalue weighted by atomic mass is 10.0. The summed E-state index contributed by atoms with van der Waals surface area (Å²) in [5.74, 6) is -0.890. The summed E-state index contributed by atoms with van der Waals surface area (Å²) in [6.45, 7) is 6.46. The minimum absolute atomic E-state index is 0.0782. The van der Waals surface area contributed by atoms with E-state index in [2.05, 4.69) is 93.7 Å². The quantitative estimate of drug-likeness (QED) is 0.0262. The summed E-state index contributed by atoms with van der Waals surface area (Å²) in [5.41, 5.74) is 0. The number of esters is 3. The average Bonchev–Trinajstić information content (AvgIpc) is 3.35. The molecule has 0 radical (unpaired) electrons. The Bertz CT molecular complexity index is 1290. The van der Waals surface area contributed by atoms with E-state index in [1.54, 1.807) is 0 Å². The molecule has 6 heteroatoms. The van der Waals surface area contributed by atoms with E-state index < -0.39 is 6.10 Å². The van der Waals surface area contributed by atoms with Crippen LogP contribution in [-0.4, -0.2) is 37.2 Å². The van der Waals surface area contributed by atoms with E-state index in [1.807, 2.05) is 0 Å². The first-order valence-electron chi connectivity index (χ1n) is 29.4. The Morgan fingerprint density at radius 3 is 0.913 bits per heavy atom. The molecule has 0 N–H and O–H groups in total. The first kappa shape index (κ1) is 65.8. The van der Waals surface area contributed by atoms with E-state index in [0.29, 0.717) is 19.3 Å². The molecule has 0 aliphatic carbocycles. The number of rotatable bonds is 53. The second kappa shape index (κ2) is 57.4. The third-order valence-electron chi connectivity index (χ3n) is 12.7. The van der Waals surface area contributed by atoms with Crippen LogP contribution in [0.1, 0.15) is 290 Å². The number of hydrogen-bond donors (Lipinski definition) is 0. The van der Waals surface area contributed by atoms with Crippen LogP contribution in [0, 0.1) is 0 Å². The third kappa shape index (κ3) is 55.6. The molecule has 0 saturated heterocycles. The van der Waals surface area contributed by atoms with Gasteiger partial charge in [0.15, 0.2) is 6.10 Å². The molecule has 0 fully saturated rings. The second-order valence-electron chi connectivity index (χ2n) is 19.5. The van der Waals surface area contributed by atoms with Crippen molar-refractivity contribution in [3.63, 3.8) is 0 Å². The van der Waals surface area contributed by atoms with E-state index in [9.17, 15) is 14.4 Å². The van der Waals surface area contributed by atoms with Crippen LogP contribution in [-0.2, 0) is 28.6 Å². The van der Waals surface area contributed by atoms with E-state index in [-0.39, 0.29) is 31.1 Å². The Kier molecular flexibility index (Phi) is 54.8. The smallest absolute Gasteiger partial charge is 0.306 e. The summed E-state index contributed by atoms with van der Waals surface area (Å²) < 4.78 is 16.8. The van der Waals surface area contributed by atoms with E-state index >= 15 is 0 Å². The van der Waals surface area contributed by atoms with Crippen LogP contribution in [0.5, 0.6) is 0 Å². The first-order valence-corrected chi connectivity index (χ1v) is 29.4. The van der Waals surface area contributed by atoms with Gasteiger partial charge in [0.2, 0.25) is 0 Å². The summed E-state index contributed by atoms with van der Waals surface area (Å²) in [4.78, 5) is 37.9. The van der Waals surface area contributed by atoms with Crippen molar-refractivity contribution in [2.45, 2.75) is 297 Å². The van der Waals surface area contributed by atoms with Crippen LogP contribution < -0.4 is 0 Å². The van der Waals surface area contributed by atoms with Gasteiger partial charge in [-0.1, -0.05) is 254 Å². The largest absolute Gasteiger partial charge is 0.462 e. The number of unbranched alkanes of at least 4 members (excludes halogenated alkanes) is 30. The Morgan fingerprint density at radius 1 is 0.304 bits per heavy atom. The van der Waals surface area contributed by atoms with Crippen LogP contribution in [0.4, 0.5) is 0 Å². The minimum Gasteiger partial charge on any atom is -0.462 e. The molecule has 0 aromatic carbocycles. The molecular weight excluding hydrogens is 853 g/mol. The number of ether oxygens (including phenoxy) is 3. The molecule has 0 aliphatic heterocycles. The monoisotopic (exact) mass is 963 g/mol. The summed E-state index contributed by atoms with van der Waals surface area (Å²) in [6, 6.07) is 0. The fourth-order valence-electron chi connectivity index (χ4n) is 8.29. The highest BCUT2D eigenvalue weighted by Gasteiger charge is 2.19. The van der Waals surface area contributed by atoms with E-state index in [4.69, 9.17) is 14.2 Å². The van der Waals surface area contributed by atoms with Gasteiger partial charge in [0, 0.05) is 19.3 Å². The summed E-state index contributed by atoms with van der Waals surface area (Å²) >= 11 is 0. The molecule has 0 aliphatic rings. The fraction of sp³-hybridized carbons (Fsp3) is 0.762. The van der Waals surface area contributed by atoms with Crippen LogP contribution in [0.2, 0.25) is 0 Å². The van der Waals surface area contributed by atoms with Gasteiger partial charge in [0.25, 0.3) is 0 Å². The van der Waals surface area contributed by atoms with Crippen LogP contribution in [0.3, 0.4) is 0 Å². The Morgan fingerprint density at radius 2 is 0.565 bits per heavy atom. The van der Waals surface area contributed by atoms with Gasteiger partial charge in [-0.2, -0.15) is 0 Å². The highest BCUT2D eigenvalue weighted by molar-refractivity contribution is 5.71. The summed E-state index contributed by atoms with van der Waals surface area (Å²) in [6.07, 6.45) is 73.6. The maximum absolute atomic E-state index is 12.8. The highest BCUT2D eigenvalue weighted by Crippen LogP contribution is 2.16. The van der Waals surface area contributed by atoms with E-state index in [1.165, 1.54) is 141 Å². The lowest BCUT2D eigenvalue weighted by Crippen LogP contribution is -2.30. The van der Waals surface area contributed by atoms with Crippen molar-refractivity contribution >= 4 is 17.9 Å². The molecule has 0 heterocycles. The van der Waals surface area contributed by atoms with Crippen molar-refractivity contribution in [2.75, 3.05) is 13.2 Å². The van der Waals surface area contributed by atoms with Gasteiger partial charge >= 0.3 is 17.9 Å². The zero-order valence-electron chi connectivity index (χ0n) is 45.6. The van der Waals surface area contributed by atoms with Crippen molar-refractivity contribution < 1.29 is 28.6 Å². The third-order valence-corrected chi connectivity index (χ3v) is 12.7. The van der Waals surface area contributed by atoms with Crippen molar-refractivity contribution in [2.24, 2.45) is 0 Å². The highest BCUT2D eigenvalue weighted by atomic mass is 16.6. The van der Waals surface area contributed by atoms with Crippen LogP contribution in [0.15, 0.2) is 72.9 Å². The van der Waals surface area contributed by atoms with Gasteiger partial charge in [0.1, 0.15) is 13.2 Å². The van der Waals surface area contributed by atoms with Crippen molar-refractivity contribution in [3.8, 4) is 0 Å². The molecule has 1 unspecified atom stereocenters. The lowest BCUT2D eigenvalue weighted by molar-refractivity contribution is -0.167. The fourth-order valence-corrected chi connectivity index (χ4v) is 8.29. The van der Waals surface area contributed by atoms with Crippen molar-refractivity contribution in [1.82, 2.24) is 0 Å². The average molecular weight is 964 g/mol. The van der Waals surface area contributed by atoms with Crippen LogP contribution >= 0.6 is 0 Å². The van der Waals surface area contributed by atoms with Gasteiger partial charge in [-0.25, -0.2) is 0 Å². The predicted molar refractivity (Wildman–Crippen MR) is 298 cm³/mol. The standard InChI is InChI=1S/C63H110O6/c1-4-7-10-13-16-18-20-22-24-25-26-27-28-29-30-31-32-33-34-35-36-37-39-40-42-44-47-50-53-56-62(65)68-59-60(58-67-61(64)55-52-49-46-15-12-9-6-3)69-63(66)57-54-51-48-45-43-41-38-23-21-19-17-14-11-8-5-2/h7,10,16-19,22-24,26-27,38,60H,4-6,8-9,11-15,20-21,25,28-37,39-59H2,1-3H3/b10-7-,18-16-,19-17-,24-22-,27-26-,38-23-. The SMILES string of the molecule is CC/C=C\C/C=C\C/C=C\C/C=C\CCCCCCCCCCCCCCCCCCC(=O)OCC(COC(=O)CCCCCCCCC)OC(=O)CCCCCCC/C=C\C/C=C\CCCCC. The number of hydrogen-bond acceptors (Lipinski definition) is 6. The topological polar surface area (TPSA) is 78.9 Å². The molecule has 1 atom stereocenters. The first-order chi connectivity index (χ1) is 34.0. The molecule has 0 aromatic heterocycles. The molecule has 69 heavy (non-hydrogen) atoms. The Balaban J connectivity index is 4.08. The molecular formula is C63H110O6. The summed E-state index contributed by atoms with van der Waals surface area (Å²) in [5, 5.41) is 0. The summed E-state index contributed by atoms with van der Waals surface area (Å²) in [7, 11) is 0. The zero-order chi connectivity index (χ0) is 50.0. The van der Waals surface area contributed by atoms with Gasteiger partial charge in [0.05, 0.1) is 0 Å². The van der Waals surface area contributed by atoms with Gasteiger partial charge < -0.3 is 14.2 Å². The Hall–Kier alpha value is -3.15. The number of carbonyl (C=O) groups excluding carboxylic acids is 3. The molecule has 0 amide bonds. The number of carbonyl (C=O) groups is 3. The van der Waals surface area contributed by atoms with Gasteiger partial charge in [-0.05, 0) is 89.9 Å². The second-order valence-corrected chi connectivity index (χ2v) is 19.5. The maximum atomic E-state index is 12.8. The van der Waals surface area contributed by atoms with E-state index in [0.717, 1.165) is 109 Å². The lowest BCUT2D eigenvalue weighted by Gasteiger charge is -2.18. The zero-order valence-corrected chi connectivity index (χ0v) is 45.6. The van der Waals surface area contributed by atoms with Crippen LogP contribution in [0.25, 0.3) is 0 Å². The predicted octanol–water partition coefficient (Wildman–Crippen LogP) is 19.8. The molecule has 0 rings (SSSR count). The maximum Gasteiger partial charge on any atom is 0.306 e. The molecule has 0 bridgehead atoms. The molecule has 6 nitrogen and oxygen atoms in total. The molecule has 0 saturated carbocycles. The van der Waals surface area contributed by atoms with Crippen molar-refractivity contribution in [1.29, 1.82) is 0 Å². The van der Waals surface area contributed by atoms with Gasteiger partial charge in [-0.15, -0.1) is 0 Å². The molecule has 0 aromatic rings. The number of allylic oxidation sites excluding steroid dienone is 12. The van der Waals surface area contributed by atoms with Crippen molar-refractivity contribution in [3.05, 3.63) is 72.9 Å². The Labute approximate surface area is 427 Å². The van der Waals surface area contributed by atoms with Gasteiger partial charge in [-0.3, -0.25) is 14.4 Å². The minimum atomic E-state index is -0.778.